The number of aliphatic hydroxyl groups excluding tert-OH is 1. The number of aromatic amines is 1. The van der Waals surface area contributed by atoms with Crippen LogP contribution in [-0.2, 0) is 19.0 Å². The number of hydrogen-bond acceptors (Lipinski definition) is 2. The van der Waals surface area contributed by atoms with E-state index in [9.17, 15) is 18.3 Å². The van der Waals surface area contributed by atoms with Crippen LogP contribution in [0, 0.1) is 0 Å². The van der Waals surface area contributed by atoms with Gasteiger partial charge in [0.1, 0.15) is 5.82 Å². The van der Waals surface area contributed by atoms with Crippen molar-refractivity contribution in [1.82, 2.24) is 9.97 Å². The van der Waals surface area contributed by atoms with Gasteiger partial charge in [-0.1, -0.05) is 48.5 Å². The molecule has 0 aliphatic heterocycles. The highest BCUT2D eigenvalue weighted by atomic mass is 19.4. The summed E-state index contributed by atoms with van der Waals surface area (Å²) in [6, 6.07) is 18.9. The maximum atomic E-state index is 12.9. The first kappa shape index (κ1) is 20.2. The number of aromatic nitrogens is 2. The van der Waals surface area contributed by atoms with Gasteiger partial charge < -0.3 is 10.1 Å². The van der Waals surface area contributed by atoms with Gasteiger partial charge in [0, 0.05) is 6.42 Å². The number of hydrogen-bond donors (Lipinski definition) is 2. The van der Waals surface area contributed by atoms with Gasteiger partial charge in [0.25, 0.3) is 0 Å². The predicted octanol–water partition coefficient (Wildman–Crippen LogP) is 6.09. The van der Waals surface area contributed by atoms with Gasteiger partial charge in [-0.25, -0.2) is 4.98 Å². The van der Waals surface area contributed by atoms with E-state index < -0.39 is 17.8 Å². The van der Waals surface area contributed by atoms with E-state index in [1.807, 2.05) is 42.5 Å². The first-order valence-corrected chi connectivity index (χ1v) is 9.73. The van der Waals surface area contributed by atoms with Crippen LogP contribution in [0.1, 0.15) is 35.5 Å². The molecule has 0 saturated carbocycles. The van der Waals surface area contributed by atoms with E-state index in [0.717, 1.165) is 39.6 Å². The Morgan fingerprint density at radius 2 is 1.77 bits per heavy atom. The Labute approximate surface area is 172 Å². The van der Waals surface area contributed by atoms with Crippen LogP contribution in [0.25, 0.3) is 22.2 Å². The van der Waals surface area contributed by atoms with Crippen molar-refractivity contribution in [2.75, 3.05) is 0 Å². The number of aliphatic hydroxyl groups is 1. The lowest BCUT2D eigenvalue weighted by Gasteiger charge is -2.11. The van der Waals surface area contributed by atoms with Gasteiger partial charge in [-0.2, -0.15) is 13.2 Å². The molecule has 2 N–H and O–H groups in total. The summed E-state index contributed by atoms with van der Waals surface area (Å²) >= 11 is 0. The van der Waals surface area contributed by atoms with Crippen molar-refractivity contribution in [3.8, 4) is 11.1 Å². The van der Waals surface area contributed by atoms with Crippen LogP contribution < -0.4 is 0 Å². The first-order chi connectivity index (χ1) is 14.3. The van der Waals surface area contributed by atoms with Gasteiger partial charge in [0.05, 0.1) is 22.7 Å². The van der Waals surface area contributed by atoms with Gasteiger partial charge in [-0.3, -0.25) is 0 Å². The summed E-state index contributed by atoms with van der Waals surface area (Å²) in [5.74, 6) is 0.725. The Bertz CT molecular complexity index is 1180. The normalized spacial score (nSPS) is 13.0. The van der Waals surface area contributed by atoms with Crippen LogP contribution >= 0.6 is 0 Å². The van der Waals surface area contributed by atoms with Gasteiger partial charge in [0.2, 0.25) is 0 Å². The highest BCUT2D eigenvalue weighted by Gasteiger charge is 2.30. The lowest BCUT2D eigenvalue weighted by atomic mass is 9.96. The number of benzene rings is 3. The van der Waals surface area contributed by atoms with Crippen molar-refractivity contribution < 1.29 is 18.3 Å². The second-order valence-corrected chi connectivity index (χ2v) is 7.38. The number of rotatable bonds is 5. The summed E-state index contributed by atoms with van der Waals surface area (Å²) in [5.41, 5.74) is 4.41. The summed E-state index contributed by atoms with van der Waals surface area (Å²) in [6.45, 7) is 1.74. The van der Waals surface area contributed by atoms with Crippen LogP contribution in [0.4, 0.5) is 13.2 Å². The fraction of sp³-hybridized carbons (Fsp3) is 0.208. The Hall–Kier alpha value is -3.12. The molecule has 0 saturated heterocycles. The lowest BCUT2D eigenvalue weighted by Crippen LogP contribution is -2.05. The van der Waals surface area contributed by atoms with Crippen molar-refractivity contribution in [3.63, 3.8) is 0 Å². The summed E-state index contributed by atoms with van der Waals surface area (Å²) in [6.07, 6.45) is -3.95. The number of fused-ring (bicyclic) bond motifs is 1. The third-order valence-electron chi connectivity index (χ3n) is 5.16. The van der Waals surface area contributed by atoms with E-state index in [2.05, 4.69) is 9.97 Å². The van der Waals surface area contributed by atoms with Gasteiger partial charge in [-0.15, -0.1) is 0 Å². The largest absolute Gasteiger partial charge is 0.416 e. The Morgan fingerprint density at radius 1 is 0.967 bits per heavy atom. The molecule has 30 heavy (non-hydrogen) atoms. The molecule has 0 bridgehead atoms. The summed E-state index contributed by atoms with van der Waals surface area (Å²) in [7, 11) is 0. The molecule has 0 aliphatic rings. The molecular formula is C24H21F3N2O. The maximum absolute atomic E-state index is 12.9. The maximum Gasteiger partial charge on any atom is 0.416 e. The summed E-state index contributed by atoms with van der Waals surface area (Å²) < 4.78 is 38.7. The fourth-order valence-corrected chi connectivity index (χ4v) is 3.64. The number of alkyl halides is 3. The predicted molar refractivity (Wildman–Crippen MR) is 111 cm³/mol. The van der Waals surface area contributed by atoms with Crippen LogP contribution in [0.5, 0.6) is 0 Å². The molecule has 3 aromatic carbocycles. The van der Waals surface area contributed by atoms with Gasteiger partial charge >= 0.3 is 6.18 Å². The number of nitrogens with one attached hydrogen (secondary N) is 1. The topological polar surface area (TPSA) is 48.9 Å². The molecule has 1 unspecified atom stereocenters. The van der Waals surface area contributed by atoms with Crippen LogP contribution in [0.2, 0.25) is 0 Å². The molecule has 1 heterocycles. The molecule has 1 atom stereocenters. The molecule has 3 nitrogen and oxygen atoms in total. The molecule has 4 rings (SSSR count). The number of aryl methyl sites for hydroxylation is 2. The SMILES string of the molecule is CC(O)c1ccccc1-c1ccc2nc(CCc3cccc(C(F)(F)F)c3)[nH]c2c1. The Morgan fingerprint density at radius 3 is 2.53 bits per heavy atom. The smallest absolute Gasteiger partial charge is 0.389 e. The molecule has 4 aromatic rings. The summed E-state index contributed by atoms with van der Waals surface area (Å²) in [5, 5.41) is 10.0. The minimum atomic E-state index is -4.34. The molecule has 1 aromatic heterocycles. The van der Waals surface area contributed by atoms with Crippen molar-refractivity contribution >= 4 is 11.0 Å². The molecule has 0 spiro atoms. The molecule has 0 amide bonds. The standard InChI is InChI=1S/C24H21F3N2O/c1-15(30)19-7-2-3-8-20(19)17-10-11-21-22(14-17)29-23(28-21)12-9-16-5-4-6-18(13-16)24(25,26)27/h2-8,10-11,13-15,30H,9,12H2,1H3,(H,28,29). The second-order valence-electron chi connectivity index (χ2n) is 7.38. The zero-order valence-corrected chi connectivity index (χ0v) is 16.4. The van der Waals surface area contributed by atoms with E-state index in [0.29, 0.717) is 18.4 Å². The lowest BCUT2D eigenvalue weighted by molar-refractivity contribution is -0.137. The number of H-pyrrole nitrogens is 1. The van der Waals surface area contributed by atoms with Crippen LogP contribution in [-0.4, -0.2) is 15.1 Å². The minimum absolute atomic E-state index is 0.460. The van der Waals surface area contributed by atoms with E-state index >= 15 is 0 Å². The van der Waals surface area contributed by atoms with E-state index in [4.69, 9.17) is 0 Å². The molecule has 0 radical (unpaired) electrons. The molecule has 0 aliphatic carbocycles. The number of imidazole rings is 1. The minimum Gasteiger partial charge on any atom is -0.389 e. The van der Waals surface area contributed by atoms with E-state index in [-0.39, 0.29) is 0 Å². The van der Waals surface area contributed by atoms with Crippen molar-refractivity contribution in [3.05, 3.63) is 89.2 Å². The molecule has 6 heteroatoms. The van der Waals surface area contributed by atoms with Crippen LogP contribution in [0.3, 0.4) is 0 Å². The molecule has 0 fully saturated rings. The zero-order valence-electron chi connectivity index (χ0n) is 16.4. The Kier molecular flexibility index (Phi) is 5.35. The van der Waals surface area contributed by atoms with Gasteiger partial charge in [-0.05, 0) is 53.8 Å². The van der Waals surface area contributed by atoms with Gasteiger partial charge in [0.15, 0.2) is 0 Å². The van der Waals surface area contributed by atoms with E-state index in [1.54, 1.807) is 13.0 Å². The molecular weight excluding hydrogens is 389 g/mol. The van der Waals surface area contributed by atoms with Crippen LogP contribution in [0.15, 0.2) is 66.7 Å². The Balaban J connectivity index is 1.57. The third kappa shape index (κ3) is 4.24. The van der Waals surface area contributed by atoms with Crippen molar-refractivity contribution in [2.45, 2.75) is 32.0 Å². The number of halogens is 3. The third-order valence-corrected chi connectivity index (χ3v) is 5.16. The fourth-order valence-electron chi connectivity index (χ4n) is 3.64. The highest BCUT2D eigenvalue weighted by molar-refractivity contribution is 5.83. The quantitative estimate of drug-likeness (QED) is 0.418. The average Bonchev–Trinajstić information content (AvgIpc) is 3.14. The zero-order chi connectivity index (χ0) is 21.3. The van der Waals surface area contributed by atoms with Crippen molar-refractivity contribution in [1.29, 1.82) is 0 Å². The number of nitrogens with zero attached hydrogens (tertiary/aromatic N) is 1. The highest BCUT2D eigenvalue weighted by Crippen LogP contribution is 2.31. The second kappa shape index (κ2) is 7.95. The first-order valence-electron chi connectivity index (χ1n) is 9.73. The summed E-state index contributed by atoms with van der Waals surface area (Å²) in [4.78, 5) is 7.84. The van der Waals surface area contributed by atoms with E-state index in [1.165, 1.54) is 12.1 Å². The monoisotopic (exact) mass is 410 g/mol. The average molecular weight is 410 g/mol. The van der Waals surface area contributed by atoms with Crippen molar-refractivity contribution in [2.24, 2.45) is 0 Å². The molecule has 154 valence electrons.